The number of fused-ring (bicyclic) bond motifs is 1. The monoisotopic (exact) mass is 203 g/mol. The summed E-state index contributed by atoms with van der Waals surface area (Å²) in [6, 6.07) is -0.540. The molecule has 3 N–H and O–H groups in total. The molecule has 5 nitrogen and oxygen atoms in total. The average molecular weight is 204 g/mol. The summed E-state index contributed by atoms with van der Waals surface area (Å²) >= 11 is 5.84. The van der Waals surface area contributed by atoms with E-state index in [2.05, 4.69) is 16.0 Å². The van der Waals surface area contributed by atoms with Gasteiger partial charge in [-0.15, -0.1) is 11.6 Å². The summed E-state index contributed by atoms with van der Waals surface area (Å²) in [6.45, 7) is 0.519. The van der Waals surface area contributed by atoms with Crippen LogP contribution < -0.4 is 16.0 Å². The summed E-state index contributed by atoms with van der Waals surface area (Å²) in [4.78, 5) is 22.2. The van der Waals surface area contributed by atoms with E-state index in [-0.39, 0.29) is 23.4 Å². The van der Waals surface area contributed by atoms with E-state index in [1.165, 1.54) is 0 Å². The highest BCUT2D eigenvalue weighted by molar-refractivity contribution is 6.20. The number of rotatable bonds is 0. The van der Waals surface area contributed by atoms with E-state index in [9.17, 15) is 9.59 Å². The Kier molecular flexibility index (Phi) is 2.13. The standard InChI is InChI=1S/C7H10ClN3O2/c8-5-1-4-3(2-9-5)6(12)11-7(13)10-4/h3-5,9H,1-2H2,(H2,10,11,12,13). The Morgan fingerprint density at radius 2 is 2.15 bits per heavy atom. The minimum absolute atomic E-state index is 0.120. The molecule has 0 aromatic rings. The summed E-state index contributed by atoms with van der Waals surface area (Å²) in [5, 5.41) is 7.88. The second-order valence-electron chi connectivity index (χ2n) is 3.29. The third-order valence-corrected chi connectivity index (χ3v) is 2.73. The van der Waals surface area contributed by atoms with Crippen LogP contribution in [0.4, 0.5) is 4.79 Å². The first-order valence-corrected chi connectivity index (χ1v) is 4.59. The van der Waals surface area contributed by atoms with Crippen molar-refractivity contribution in [2.24, 2.45) is 5.92 Å². The van der Waals surface area contributed by atoms with Crippen molar-refractivity contribution < 1.29 is 9.59 Å². The lowest BCUT2D eigenvalue weighted by molar-refractivity contribution is -0.126. The van der Waals surface area contributed by atoms with Gasteiger partial charge in [-0.2, -0.15) is 0 Å². The average Bonchev–Trinajstić information content (AvgIpc) is 2.02. The van der Waals surface area contributed by atoms with Crippen molar-refractivity contribution in [3.05, 3.63) is 0 Å². The molecule has 0 saturated carbocycles. The second kappa shape index (κ2) is 3.16. The Morgan fingerprint density at radius 3 is 2.92 bits per heavy atom. The zero-order chi connectivity index (χ0) is 9.42. The quantitative estimate of drug-likeness (QED) is 0.363. The lowest BCUT2D eigenvalue weighted by Crippen LogP contribution is -2.64. The molecular formula is C7H10ClN3O2. The molecule has 2 aliphatic heterocycles. The summed E-state index contributed by atoms with van der Waals surface area (Å²) in [6.07, 6.45) is 0.589. The van der Waals surface area contributed by atoms with E-state index in [4.69, 9.17) is 11.6 Å². The second-order valence-corrected chi connectivity index (χ2v) is 3.81. The first kappa shape index (κ1) is 8.77. The van der Waals surface area contributed by atoms with Gasteiger partial charge in [0.15, 0.2) is 0 Å². The molecule has 0 spiro atoms. The van der Waals surface area contributed by atoms with Gasteiger partial charge in [-0.05, 0) is 6.42 Å². The molecule has 2 aliphatic rings. The molecule has 3 atom stereocenters. The van der Waals surface area contributed by atoms with Gasteiger partial charge < -0.3 is 10.6 Å². The van der Waals surface area contributed by atoms with E-state index in [1.807, 2.05) is 0 Å². The van der Waals surface area contributed by atoms with Crippen molar-refractivity contribution >= 4 is 23.5 Å². The van der Waals surface area contributed by atoms with Crippen LogP contribution in [0.5, 0.6) is 0 Å². The number of nitrogens with one attached hydrogen (secondary N) is 3. The van der Waals surface area contributed by atoms with Crippen molar-refractivity contribution in [1.29, 1.82) is 0 Å². The largest absolute Gasteiger partial charge is 0.334 e. The number of halogens is 1. The topological polar surface area (TPSA) is 70.2 Å². The first-order chi connectivity index (χ1) is 6.16. The van der Waals surface area contributed by atoms with Crippen molar-refractivity contribution in [3.63, 3.8) is 0 Å². The predicted octanol–water partition coefficient (Wildman–Crippen LogP) is -0.631. The number of amides is 3. The maximum absolute atomic E-state index is 11.3. The van der Waals surface area contributed by atoms with Crippen LogP contribution in [0.1, 0.15) is 6.42 Å². The van der Waals surface area contributed by atoms with Gasteiger partial charge in [0.05, 0.1) is 11.4 Å². The number of carbonyl (C=O) groups excluding carboxylic acids is 2. The zero-order valence-corrected chi connectivity index (χ0v) is 7.60. The Morgan fingerprint density at radius 1 is 1.38 bits per heavy atom. The number of imide groups is 1. The molecule has 2 saturated heterocycles. The molecule has 2 rings (SSSR count). The van der Waals surface area contributed by atoms with Crippen molar-refractivity contribution in [2.45, 2.75) is 18.0 Å². The van der Waals surface area contributed by atoms with Crippen LogP contribution in [0, 0.1) is 5.92 Å². The highest BCUT2D eigenvalue weighted by Crippen LogP contribution is 2.19. The fourth-order valence-corrected chi connectivity index (χ4v) is 1.99. The van der Waals surface area contributed by atoms with Gasteiger partial charge >= 0.3 is 6.03 Å². The summed E-state index contributed by atoms with van der Waals surface area (Å²) in [5.41, 5.74) is -0.160. The van der Waals surface area contributed by atoms with Crippen LogP contribution >= 0.6 is 11.6 Å². The molecule has 0 bridgehead atoms. The van der Waals surface area contributed by atoms with Crippen LogP contribution in [0.3, 0.4) is 0 Å². The first-order valence-electron chi connectivity index (χ1n) is 4.15. The number of carbonyl (C=O) groups is 2. The van der Waals surface area contributed by atoms with E-state index < -0.39 is 6.03 Å². The molecule has 6 heteroatoms. The highest BCUT2D eigenvalue weighted by atomic mass is 35.5. The van der Waals surface area contributed by atoms with E-state index >= 15 is 0 Å². The van der Waals surface area contributed by atoms with Gasteiger partial charge in [0, 0.05) is 12.6 Å². The Bertz CT molecular complexity index is 258. The van der Waals surface area contributed by atoms with Gasteiger partial charge in [-0.3, -0.25) is 10.1 Å². The van der Waals surface area contributed by atoms with Crippen molar-refractivity contribution in [1.82, 2.24) is 16.0 Å². The highest BCUT2D eigenvalue weighted by Gasteiger charge is 2.39. The number of alkyl halides is 1. The minimum Gasteiger partial charge on any atom is -0.334 e. The van der Waals surface area contributed by atoms with Crippen LogP contribution in [0.15, 0.2) is 0 Å². The molecule has 0 aliphatic carbocycles. The summed E-state index contributed by atoms with van der Waals surface area (Å²) < 4.78 is 0. The van der Waals surface area contributed by atoms with Gasteiger partial charge in [0.1, 0.15) is 0 Å². The number of urea groups is 1. The predicted molar refractivity (Wildman–Crippen MR) is 46.2 cm³/mol. The van der Waals surface area contributed by atoms with Crippen LogP contribution in [-0.2, 0) is 4.79 Å². The molecule has 2 heterocycles. The molecule has 0 aromatic carbocycles. The Balaban J connectivity index is 2.10. The lowest BCUT2D eigenvalue weighted by Gasteiger charge is -2.37. The van der Waals surface area contributed by atoms with Gasteiger partial charge in [0.2, 0.25) is 5.91 Å². The Hall–Kier alpha value is -0.810. The molecule has 3 amide bonds. The third kappa shape index (κ3) is 1.62. The lowest BCUT2D eigenvalue weighted by atomic mass is 9.91. The molecule has 13 heavy (non-hydrogen) atoms. The molecule has 3 unspecified atom stereocenters. The van der Waals surface area contributed by atoms with Gasteiger partial charge in [-0.1, -0.05) is 0 Å². The Labute approximate surface area is 80.2 Å². The maximum atomic E-state index is 11.3. The van der Waals surface area contributed by atoms with E-state index in [0.29, 0.717) is 13.0 Å². The number of hydrogen-bond donors (Lipinski definition) is 3. The van der Waals surface area contributed by atoms with Crippen LogP contribution in [0.2, 0.25) is 0 Å². The van der Waals surface area contributed by atoms with Gasteiger partial charge in [-0.25, -0.2) is 4.79 Å². The van der Waals surface area contributed by atoms with Crippen molar-refractivity contribution in [3.8, 4) is 0 Å². The fraction of sp³-hybridized carbons (Fsp3) is 0.714. The summed E-state index contributed by atoms with van der Waals surface area (Å²) in [5.74, 6) is -0.405. The van der Waals surface area contributed by atoms with E-state index in [0.717, 1.165) is 0 Å². The molecular weight excluding hydrogens is 194 g/mol. The number of piperidine rings is 1. The fourth-order valence-electron chi connectivity index (χ4n) is 1.71. The SMILES string of the molecule is O=C1NC(=O)C2CNC(Cl)CC2N1. The number of hydrogen-bond acceptors (Lipinski definition) is 3. The van der Waals surface area contributed by atoms with Crippen LogP contribution in [-0.4, -0.2) is 30.0 Å². The molecule has 0 radical (unpaired) electrons. The molecule has 0 aromatic heterocycles. The normalized spacial score (nSPS) is 39.0. The van der Waals surface area contributed by atoms with Gasteiger partial charge in [0.25, 0.3) is 0 Å². The van der Waals surface area contributed by atoms with Crippen molar-refractivity contribution in [2.75, 3.05) is 6.54 Å². The maximum Gasteiger partial charge on any atom is 0.321 e. The molecule has 72 valence electrons. The van der Waals surface area contributed by atoms with Crippen LogP contribution in [0.25, 0.3) is 0 Å². The minimum atomic E-state index is -0.419. The zero-order valence-electron chi connectivity index (χ0n) is 6.84. The third-order valence-electron chi connectivity index (χ3n) is 2.40. The molecule has 2 fully saturated rings. The van der Waals surface area contributed by atoms with E-state index in [1.54, 1.807) is 0 Å². The smallest absolute Gasteiger partial charge is 0.321 e. The summed E-state index contributed by atoms with van der Waals surface area (Å²) in [7, 11) is 0.